The van der Waals surface area contributed by atoms with Crippen LogP contribution in [0.15, 0.2) is 54.7 Å². The Morgan fingerprint density at radius 2 is 1.92 bits per heavy atom. The molecule has 138 valence electrons. The summed E-state index contributed by atoms with van der Waals surface area (Å²) < 4.78 is 23.2. The number of anilines is 1. The number of aliphatic hydroxyl groups excluding tert-OH is 1. The predicted octanol–water partition coefficient (Wildman–Crippen LogP) is 1.71. The van der Waals surface area contributed by atoms with Gasteiger partial charge in [0.15, 0.2) is 12.6 Å². The minimum atomic E-state index is -0.851. The van der Waals surface area contributed by atoms with E-state index in [1.54, 1.807) is 13.3 Å². The zero-order valence-corrected chi connectivity index (χ0v) is 14.4. The van der Waals surface area contributed by atoms with E-state index in [4.69, 9.17) is 18.9 Å². The number of methoxy groups -OCH3 is 1. The summed E-state index contributed by atoms with van der Waals surface area (Å²) in [6.07, 6.45) is -1.30. The smallest absolute Gasteiger partial charge is 0.184 e. The maximum Gasteiger partial charge on any atom is 0.184 e. The van der Waals surface area contributed by atoms with Crippen molar-refractivity contribution in [2.45, 2.75) is 36.9 Å². The van der Waals surface area contributed by atoms with E-state index in [1.807, 2.05) is 48.5 Å². The van der Waals surface area contributed by atoms with E-state index in [2.05, 4.69) is 10.3 Å². The van der Waals surface area contributed by atoms with Crippen LogP contribution in [0.2, 0.25) is 0 Å². The van der Waals surface area contributed by atoms with E-state index in [9.17, 15) is 5.11 Å². The molecule has 2 saturated heterocycles. The fourth-order valence-electron chi connectivity index (χ4n) is 3.35. The maximum absolute atomic E-state index is 11.0. The van der Waals surface area contributed by atoms with Gasteiger partial charge in [-0.25, -0.2) is 4.98 Å². The molecular formula is C19H22N2O5. The summed E-state index contributed by atoms with van der Waals surface area (Å²) in [5, 5.41) is 14.1. The van der Waals surface area contributed by atoms with Crippen LogP contribution >= 0.6 is 0 Å². The molecule has 3 heterocycles. The van der Waals surface area contributed by atoms with Gasteiger partial charge in [0.1, 0.15) is 30.2 Å². The molecule has 2 N–H and O–H groups in total. The minimum absolute atomic E-state index is 0.317. The molecule has 1 aromatic carbocycles. The quantitative estimate of drug-likeness (QED) is 0.861. The standard InChI is InChI=1S/C19H22N2O5/c1-23-19-15(21-14-9-5-6-10-20-14)16(22)17-13(25-19)11-24-18(26-17)12-7-3-2-4-8-12/h2-10,13,15-19,22H,11H2,1H3,(H,20,21)/t13-,15+,16+,17-,18?,19-/m1/s1. The van der Waals surface area contributed by atoms with Crippen molar-refractivity contribution in [1.29, 1.82) is 0 Å². The lowest BCUT2D eigenvalue weighted by molar-refractivity contribution is -0.337. The van der Waals surface area contributed by atoms with Crippen LogP contribution in [-0.4, -0.2) is 54.5 Å². The van der Waals surface area contributed by atoms with Gasteiger partial charge in [-0.2, -0.15) is 0 Å². The summed E-state index contributed by atoms with van der Waals surface area (Å²) in [7, 11) is 1.54. The fourth-order valence-corrected chi connectivity index (χ4v) is 3.35. The highest BCUT2D eigenvalue weighted by molar-refractivity contribution is 5.35. The van der Waals surface area contributed by atoms with Crippen molar-refractivity contribution in [2.24, 2.45) is 0 Å². The zero-order valence-electron chi connectivity index (χ0n) is 14.4. The van der Waals surface area contributed by atoms with Gasteiger partial charge in [-0.05, 0) is 12.1 Å². The van der Waals surface area contributed by atoms with Crippen molar-refractivity contribution in [3.63, 3.8) is 0 Å². The summed E-state index contributed by atoms with van der Waals surface area (Å²) in [6.45, 7) is 0.317. The van der Waals surface area contributed by atoms with Crippen LogP contribution in [0, 0.1) is 0 Å². The van der Waals surface area contributed by atoms with Crippen LogP contribution in [0.4, 0.5) is 5.82 Å². The summed E-state index contributed by atoms with van der Waals surface area (Å²) >= 11 is 0. The van der Waals surface area contributed by atoms with Crippen molar-refractivity contribution in [3.05, 3.63) is 60.3 Å². The van der Waals surface area contributed by atoms with Crippen LogP contribution in [-0.2, 0) is 18.9 Å². The van der Waals surface area contributed by atoms with Crippen LogP contribution in [0.3, 0.4) is 0 Å². The number of hydrogen-bond acceptors (Lipinski definition) is 7. The Kier molecular flexibility index (Phi) is 5.14. The van der Waals surface area contributed by atoms with E-state index >= 15 is 0 Å². The lowest BCUT2D eigenvalue weighted by Crippen LogP contribution is -2.64. The van der Waals surface area contributed by atoms with Crippen molar-refractivity contribution in [3.8, 4) is 0 Å². The number of hydrogen-bond donors (Lipinski definition) is 2. The number of ether oxygens (including phenoxy) is 4. The average molecular weight is 358 g/mol. The molecule has 4 rings (SSSR count). The van der Waals surface area contributed by atoms with E-state index in [1.165, 1.54) is 0 Å². The zero-order chi connectivity index (χ0) is 17.9. The molecule has 0 spiro atoms. The van der Waals surface area contributed by atoms with Gasteiger partial charge in [0.05, 0.1) is 6.61 Å². The van der Waals surface area contributed by atoms with Crippen molar-refractivity contribution < 1.29 is 24.1 Å². The molecule has 2 fully saturated rings. The first kappa shape index (κ1) is 17.4. The van der Waals surface area contributed by atoms with Gasteiger partial charge < -0.3 is 29.4 Å². The van der Waals surface area contributed by atoms with E-state index < -0.39 is 36.9 Å². The highest BCUT2D eigenvalue weighted by atomic mass is 16.7. The minimum Gasteiger partial charge on any atom is -0.388 e. The normalized spacial score (nSPS) is 34.1. The number of fused-ring (bicyclic) bond motifs is 1. The van der Waals surface area contributed by atoms with Crippen molar-refractivity contribution in [2.75, 3.05) is 19.0 Å². The molecule has 26 heavy (non-hydrogen) atoms. The molecule has 1 aromatic heterocycles. The Bertz CT molecular complexity index is 702. The van der Waals surface area contributed by atoms with Crippen LogP contribution in [0.1, 0.15) is 11.9 Å². The molecule has 0 bridgehead atoms. The maximum atomic E-state index is 11.0. The first-order valence-electron chi connectivity index (χ1n) is 8.62. The van der Waals surface area contributed by atoms with E-state index in [0.717, 1.165) is 5.56 Å². The highest BCUT2D eigenvalue weighted by Gasteiger charge is 2.49. The summed E-state index contributed by atoms with van der Waals surface area (Å²) in [4.78, 5) is 4.24. The number of aromatic nitrogens is 1. The number of nitrogens with zero attached hydrogens (tertiary/aromatic N) is 1. The molecule has 0 amide bonds. The third-order valence-electron chi connectivity index (χ3n) is 4.65. The molecule has 1 unspecified atom stereocenters. The Hall–Kier alpha value is -2.03. The van der Waals surface area contributed by atoms with Gasteiger partial charge in [0, 0.05) is 18.9 Å². The van der Waals surface area contributed by atoms with Gasteiger partial charge >= 0.3 is 0 Å². The highest BCUT2D eigenvalue weighted by Crippen LogP contribution is 2.34. The topological polar surface area (TPSA) is 82.1 Å². The summed E-state index contributed by atoms with van der Waals surface area (Å²) in [6, 6.07) is 14.6. The molecule has 7 nitrogen and oxygen atoms in total. The molecule has 7 heteroatoms. The van der Waals surface area contributed by atoms with Gasteiger partial charge in [0.2, 0.25) is 0 Å². The molecule has 6 atom stereocenters. The third kappa shape index (κ3) is 3.44. The molecule has 0 aliphatic carbocycles. The third-order valence-corrected chi connectivity index (χ3v) is 4.65. The first-order chi connectivity index (χ1) is 12.8. The fraction of sp³-hybridized carbons (Fsp3) is 0.421. The predicted molar refractivity (Wildman–Crippen MR) is 93.3 cm³/mol. The number of pyridine rings is 1. The van der Waals surface area contributed by atoms with Crippen molar-refractivity contribution in [1.82, 2.24) is 4.98 Å². The van der Waals surface area contributed by atoms with E-state index in [0.29, 0.717) is 12.4 Å². The number of aliphatic hydroxyl groups is 1. The summed E-state index contributed by atoms with van der Waals surface area (Å²) in [5.41, 5.74) is 0.904. The van der Waals surface area contributed by atoms with Crippen molar-refractivity contribution >= 4 is 5.82 Å². The second-order valence-corrected chi connectivity index (χ2v) is 6.33. The van der Waals surface area contributed by atoms with Crippen LogP contribution < -0.4 is 5.32 Å². The van der Waals surface area contributed by atoms with Gasteiger partial charge in [-0.1, -0.05) is 36.4 Å². The molecule has 2 aliphatic heterocycles. The Balaban J connectivity index is 1.52. The number of nitrogens with one attached hydrogen (secondary N) is 1. The largest absolute Gasteiger partial charge is 0.388 e. The monoisotopic (exact) mass is 358 g/mol. The molecular weight excluding hydrogens is 336 g/mol. The Morgan fingerprint density at radius 3 is 2.65 bits per heavy atom. The number of benzene rings is 1. The molecule has 2 aliphatic rings. The lowest BCUT2D eigenvalue weighted by Gasteiger charge is -2.47. The summed E-state index contributed by atoms with van der Waals surface area (Å²) in [5.74, 6) is 0.632. The SMILES string of the molecule is CO[C@@H]1O[C@@H]2COC(c3ccccc3)O[C@H]2[C@@H](O)[C@@H]1Nc1ccccn1. The Morgan fingerprint density at radius 1 is 1.12 bits per heavy atom. The molecule has 0 radical (unpaired) electrons. The molecule has 0 saturated carbocycles. The molecule has 2 aromatic rings. The average Bonchev–Trinajstić information content (AvgIpc) is 2.71. The van der Waals surface area contributed by atoms with Gasteiger partial charge in [0.25, 0.3) is 0 Å². The first-order valence-corrected chi connectivity index (χ1v) is 8.62. The van der Waals surface area contributed by atoms with Crippen LogP contribution in [0.5, 0.6) is 0 Å². The van der Waals surface area contributed by atoms with Gasteiger partial charge in [-0.3, -0.25) is 0 Å². The van der Waals surface area contributed by atoms with Gasteiger partial charge in [-0.15, -0.1) is 0 Å². The van der Waals surface area contributed by atoms with Crippen LogP contribution in [0.25, 0.3) is 0 Å². The second kappa shape index (κ2) is 7.69. The van der Waals surface area contributed by atoms with E-state index in [-0.39, 0.29) is 0 Å². The second-order valence-electron chi connectivity index (χ2n) is 6.33. The lowest BCUT2D eigenvalue weighted by atomic mass is 9.95. The Labute approximate surface area is 151 Å². The number of rotatable bonds is 4.